The minimum Gasteiger partial charge on any atom is -0.490 e. The van der Waals surface area contributed by atoms with Gasteiger partial charge < -0.3 is 19.7 Å². The molecule has 21 heavy (non-hydrogen) atoms. The highest BCUT2D eigenvalue weighted by Crippen LogP contribution is 2.26. The predicted octanol–water partition coefficient (Wildman–Crippen LogP) is 2.64. The number of para-hydroxylation sites is 2. The van der Waals surface area contributed by atoms with Gasteiger partial charge in [-0.15, -0.1) is 0 Å². The highest BCUT2D eigenvalue weighted by molar-refractivity contribution is 5.39. The molecule has 120 valence electrons. The monoisotopic (exact) mass is 294 g/mol. The number of rotatable bonds is 10. The second-order valence-corrected chi connectivity index (χ2v) is 6.31. The van der Waals surface area contributed by atoms with Crippen LogP contribution in [0.3, 0.4) is 0 Å². The van der Waals surface area contributed by atoms with Crippen molar-refractivity contribution < 1.29 is 9.47 Å². The molecule has 0 radical (unpaired) electrons. The molecule has 1 rings (SSSR count). The van der Waals surface area contributed by atoms with Crippen LogP contribution in [0.2, 0.25) is 0 Å². The van der Waals surface area contributed by atoms with E-state index in [1.807, 2.05) is 31.2 Å². The van der Waals surface area contributed by atoms with E-state index < -0.39 is 0 Å². The third-order valence-electron chi connectivity index (χ3n) is 3.03. The van der Waals surface area contributed by atoms with E-state index in [0.717, 1.165) is 31.1 Å². The quantitative estimate of drug-likeness (QED) is 0.673. The molecule has 0 saturated carbocycles. The van der Waals surface area contributed by atoms with Crippen molar-refractivity contribution in [3.63, 3.8) is 0 Å². The van der Waals surface area contributed by atoms with Gasteiger partial charge in [0, 0.05) is 19.6 Å². The highest BCUT2D eigenvalue weighted by atomic mass is 16.5. The summed E-state index contributed by atoms with van der Waals surface area (Å²) in [5.41, 5.74) is 0.257. The lowest BCUT2D eigenvalue weighted by Crippen LogP contribution is -2.38. The fraction of sp³-hybridized carbons (Fsp3) is 0.647. The number of ether oxygens (including phenoxy) is 2. The Morgan fingerprint density at radius 2 is 1.71 bits per heavy atom. The third-order valence-corrected chi connectivity index (χ3v) is 3.03. The molecule has 4 nitrogen and oxygen atoms in total. The summed E-state index contributed by atoms with van der Waals surface area (Å²) in [6.45, 7) is 10.7. The molecule has 1 N–H and O–H groups in total. The SMILES string of the molecule is CCOc1ccccc1OCCNCC(C)(C)CN(C)C. The zero-order chi connectivity index (χ0) is 15.7. The van der Waals surface area contributed by atoms with Crippen molar-refractivity contribution in [1.82, 2.24) is 10.2 Å². The van der Waals surface area contributed by atoms with Gasteiger partial charge in [-0.25, -0.2) is 0 Å². The van der Waals surface area contributed by atoms with Crippen LogP contribution in [-0.2, 0) is 0 Å². The van der Waals surface area contributed by atoms with Gasteiger partial charge in [0.25, 0.3) is 0 Å². The molecule has 0 aliphatic rings. The third kappa shape index (κ3) is 7.34. The van der Waals surface area contributed by atoms with Crippen molar-refractivity contribution in [2.75, 3.05) is 46.9 Å². The fourth-order valence-electron chi connectivity index (χ4n) is 2.42. The molecule has 0 unspecified atom stereocenters. The largest absolute Gasteiger partial charge is 0.490 e. The van der Waals surface area contributed by atoms with Gasteiger partial charge in [0.1, 0.15) is 6.61 Å². The lowest BCUT2D eigenvalue weighted by molar-refractivity contribution is 0.223. The summed E-state index contributed by atoms with van der Waals surface area (Å²) in [4.78, 5) is 2.22. The summed E-state index contributed by atoms with van der Waals surface area (Å²) in [5.74, 6) is 1.63. The van der Waals surface area contributed by atoms with Gasteiger partial charge in [-0.2, -0.15) is 0 Å². The van der Waals surface area contributed by atoms with E-state index in [-0.39, 0.29) is 5.41 Å². The van der Waals surface area contributed by atoms with Crippen LogP contribution in [-0.4, -0.2) is 51.8 Å². The van der Waals surface area contributed by atoms with E-state index in [1.54, 1.807) is 0 Å². The van der Waals surface area contributed by atoms with Crippen LogP contribution >= 0.6 is 0 Å². The molecule has 0 saturated heterocycles. The van der Waals surface area contributed by atoms with E-state index in [0.29, 0.717) is 13.2 Å². The smallest absolute Gasteiger partial charge is 0.161 e. The van der Waals surface area contributed by atoms with Crippen LogP contribution in [0.5, 0.6) is 11.5 Å². The summed E-state index contributed by atoms with van der Waals surface area (Å²) in [6, 6.07) is 7.80. The molecular weight excluding hydrogens is 264 g/mol. The van der Waals surface area contributed by atoms with Crippen LogP contribution in [0, 0.1) is 5.41 Å². The van der Waals surface area contributed by atoms with Crippen LogP contribution in [0.1, 0.15) is 20.8 Å². The van der Waals surface area contributed by atoms with E-state index >= 15 is 0 Å². The molecular formula is C17H30N2O2. The molecule has 0 spiro atoms. The van der Waals surface area contributed by atoms with Crippen molar-refractivity contribution in [2.24, 2.45) is 5.41 Å². The Hall–Kier alpha value is -1.26. The number of nitrogens with zero attached hydrogens (tertiary/aromatic N) is 1. The predicted molar refractivity (Wildman–Crippen MR) is 88.3 cm³/mol. The van der Waals surface area contributed by atoms with E-state index in [1.165, 1.54) is 0 Å². The average Bonchev–Trinajstić information content (AvgIpc) is 2.39. The van der Waals surface area contributed by atoms with E-state index in [4.69, 9.17) is 9.47 Å². The maximum absolute atomic E-state index is 5.79. The number of hydrogen-bond donors (Lipinski definition) is 1. The molecule has 0 bridgehead atoms. The van der Waals surface area contributed by atoms with Crippen molar-refractivity contribution in [3.8, 4) is 11.5 Å². The first-order valence-corrected chi connectivity index (χ1v) is 7.64. The second kappa shape index (κ2) is 8.90. The lowest BCUT2D eigenvalue weighted by Gasteiger charge is -2.28. The molecule has 1 aromatic rings. The Morgan fingerprint density at radius 3 is 2.29 bits per heavy atom. The molecule has 0 atom stereocenters. The zero-order valence-corrected chi connectivity index (χ0v) is 14.1. The van der Waals surface area contributed by atoms with Crippen LogP contribution in [0.15, 0.2) is 24.3 Å². The molecule has 4 heteroatoms. The van der Waals surface area contributed by atoms with E-state index in [2.05, 4.69) is 38.2 Å². The van der Waals surface area contributed by atoms with Gasteiger partial charge >= 0.3 is 0 Å². The minimum atomic E-state index is 0.257. The van der Waals surface area contributed by atoms with Gasteiger partial charge in [0.15, 0.2) is 11.5 Å². The molecule has 0 aromatic heterocycles. The fourth-order valence-corrected chi connectivity index (χ4v) is 2.42. The lowest BCUT2D eigenvalue weighted by atomic mass is 9.93. The molecule has 0 amide bonds. The minimum absolute atomic E-state index is 0.257. The second-order valence-electron chi connectivity index (χ2n) is 6.31. The van der Waals surface area contributed by atoms with E-state index in [9.17, 15) is 0 Å². The Morgan fingerprint density at radius 1 is 1.10 bits per heavy atom. The summed E-state index contributed by atoms with van der Waals surface area (Å²) in [6.07, 6.45) is 0. The first-order valence-electron chi connectivity index (χ1n) is 7.64. The highest BCUT2D eigenvalue weighted by Gasteiger charge is 2.17. The average molecular weight is 294 g/mol. The summed E-state index contributed by atoms with van der Waals surface area (Å²) < 4.78 is 11.3. The van der Waals surface area contributed by atoms with Gasteiger partial charge in [0.05, 0.1) is 6.61 Å². The first-order chi connectivity index (χ1) is 9.94. The molecule has 1 aromatic carbocycles. The van der Waals surface area contributed by atoms with Crippen molar-refractivity contribution in [2.45, 2.75) is 20.8 Å². The summed E-state index contributed by atoms with van der Waals surface area (Å²) >= 11 is 0. The summed E-state index contributed by atoms with van der Waals surface area (Å²) in [5, 5.41) is 3.46. The molecule has 0 heterocycles. The molecule has 0 aliphatic carbocycles. The van der Waals surface area contributed by atoms with Crippen LogP contribution in [0.4, 0.5) is 0 Å². The Kier molecular flexibility index (Phi) is 7.54. The van der Waals surface area contributed by atoms with Crippen molar-refractivity contribution in [3.05, 3.63) is 24.3 Å². The maximum Gasteiger partial charge on any atom is 0.161 e. The van der Waals surface area contributed by atoms with Crippen LogP contribution < -0.4 is 14.8 Å². The van der Waals surface area contributed by atoms with Crippen molar-refractivity contribution in [1.29, 1.82) is 0 Å². The van der Waals surface area contributed by atoms with Gasteiger partial charge in [-0.3, -0.25) is 0 Å². The topological polar surface area (TPSA) is 33.7 Å². The normalized spacial score (nSPS) is 11.7. The van der Waals surface area contributed by atoms with Gasteiger partial charge in [0.2, 0.25) is 0 Å². The first kappa shape index (κ1) is 17.8. The number of hydrogen-bond acceptors (Lipinski definition) is 4. The Labute approximate surface area is 129 Å². The van der Waals surface area contributed by atoms with Gasteiger partial charge in [-0.1, -0.05) is 26.0 Å². The standard InChI is InChI=1S/C17H30N2O2/c1-6-20-15-9-7-8-10-16(15)21-12-11-18-13-17(2,3)14-19(4)5/h7-10,18H,6,11-14H2,1-5H3. The Bertz CT molecular complexity index is 406. The molecule has 0 fully saturated rings. The summed E-state index contributed by atoms with van der Waals surface area (Å²) in [7, 11) is 4.21. The number of benzene rings is 1. The van der Waals surface area contributed by atoms with Crippen molar-refractivity contribution >= 4 is 0 Å². The Balaban J connectivity index is 2.28. The van der Waals surface area contributed by atoms with Gasteiger partial charge in [-0.05, 0) is 38.6 Å². The maximum atomic E-state index is 5.79. The van der Waals surface area contributed by atoms with Crippen LogP contribution in [0.25, 0.3) is 0 Å². The zero-order valence-electron chi connectivity index (χ0n) is 14.1. The molecule has 0 aliphatic heterocycles. The number of nitrogens with one attached hydrogen (secondary N) is 1.